The molecule has 0 radical (unpaired) electrons. The highest BCUT2D eigenvalue weighted by molar-refractivity contribution is 5.71. The molecule has 3 aromatic carbocycles. The molecule has 0 bridgehead atoms. The maximum absolute atomic E-state index is 10.8. The van der Waals surface area contributed by atoms with E-state index in [-0.39, 0.29) is 5.41 Å². The molecule has 0 amide bonds. The minimum Gasteiger partial charge on any atom is -0.388 e. The van der Waals surface area contributed by atoms with E-state index in [0.29, 0.717) is 6.42 Å². The van der Waals surface area contributed by atoms with Crippen LogP contribution in [0.25, 0.3) is 5.57 Å². The van der Waals surface area contributed by atoms with Crippen LogP contribution < -0.4 is 0 Å². The smallest absolute Gasteiger partial charge is 0.0830 e. The van der Waals surface area contributed by atoms with Gasteiger partial charge in [0.25, 0.3) is 0 Å². The van der Waals surface area contributed by atoms with Crippen molar-refractivity contribution in [1.29, 1.82) is 0 Å². The van der Waals surface area contributed by atoms with E-state index in [2.05, 4.69) is 86.7 Å². The van der Waals surface area contributed by atoms with E-state index in [4.69, 9.17) is 0 Å². The molecule has 0 saturated heterocycles. The second-order valence-electron chi connectivity index (χ2n) is 8.69. The van der Waals surface area contributed by atoms with E-state index < -0.39 is 6.10 Å². The molecule has 0 spiro atoms. The van der Waals surface area contributed by atoms with Crippen LogP contribution in [0.1, 0.15) is 55.0 Å². The zero-order valence-electron chi connectivity index (χ0n) is 17.9. The first-order chi connectivity index (χ1) is 14.5. The number of hydrogen-bond acceptors (Lipinski definition) is 1. The van der Waals surface area contributed by atoms with Gasteiger partial charge in [-0.05, 0) is 52.3 Å². The Morgan fingerprint density at radius 2 is 1.57 bits per heavy atom. The lowest BCUT2D eigenvalue weighted by Gasteiger charge is -2.30. The summed E-state index contributed by atoms with van der Waals surface area (Å²) < 4.78 is 0. The highest BCUT2D eigenvalue weighted by Gasteiger charge is 2.26. The first-order valence-electron chi connectivity index (χ1n) is 10.8. The predicted molar refractivity (Wildman–Crippen MR) is 126 cm³/mol. The molecule has 0 aromatic heterocycles. The van der Waals surface area contributed by atoms with Gasteiger partial charge in [0.05, 0.1) is 6.10 Å². The lowest BCUT2D eigenvalue weighted by Crippen LogP contribution is -2.20. The zero-order valence-corrected chi connectivity index (χ0v) is 17.9. The van der Waals surface area contributed by atoms with E-state index in [0.717, 1.165) is 24.0 Å². The summed E-state index contributed by atoms with van der Waals surface area (Å²) in [6, 6.07) is 29.3. The number of allylic oxidation sites excluding steroid dienone is 4. The number of aliphatic hydroxyl groups is 1. The summed E-state index contributed by atoms with van der Waals surface area (Å²) in [5.41, 5.74) is 7.38. The fourth-order valence-electron chi connectivity index (χ4n) is 4.29. The van der Waals surface area contributed by atoms with Crippen molar-refractivity contribution in [2.75, 3.05) is 0 Å². The van der Waals surface area contributed by atoms with E-state index in [1.54, 1.807) is 0 Å². The molecule has 1 N–H and O–H groups in total. The van der Waals surface area contributed by atoms with E-state index in [9.17, 15) is 5.11 Å². The highest BCUT2D eigenvalue weighted by Crippen LogP contribution is 2.38. The van der Waals surface area contributed by atoms with Gasteiger partial charge in [-0.1, -0.05) is 105 Å². The molecule has 1 heteroatoms. The van der Waals surface area contributed by atoms with Gasteiger partial charge in [-0.25, -0.2) is 0 Å². The van der Waals surface area contributed by atoms with Gasteiger partial charge in [-0.3, -0.25) is 0 Å². The average molecular weight is 395 g/mol. The molecule has 0 saturated carbocycles. The first-order valence-corrected chi connectivity index (χ1v) is 10.8. The van der Waals surface area contributed by atoms with Gasteiger partial charge in [0.1, 0.15) is 0 Å². The number of hydrogen-bond donors (Lipinski definition) is 1. The van der Waals surface area contributed by atoms with E-state index in [1.165, 1.54) is 22.3 Å². The van der Waals surface area contributed by atoms with Crippen LogP contribution in [0, 0.1) is 0 Å². The van der Waals surface area contributed by atoms with E-state index >= 15 is 0 Å². The summed E-state index contributed by atoms with van der Waals surface area (Å²) in [5, 5.41) is 10.8. The Hall–Kier alpha value is -2.90. The van der Waals surface area contributed by atoms with Crippen molar-refractivity contribution in [1.82, 2.24) is 0 Å². The summed E-state index contributed by atoms with van der Waals surface area (Å²) in [6.07, 6.45) is 6.97. The molecule has 0 fully saturated rings. The maximum Gasteiger partial charge on any atom is 0.0830 e. The van der Waals surface area contributed by atoms with Gasteiger partial charge in [-0.2, -0.15) is 0 Å². The molecule has 1 atom stereocenters. The van der Waals surface area contributed by atoms with Crippen molar-refractivity contribution >= 4 is 5.57 Å². The zero-order chi connectivity index (χ0) is 21.0. The van der Waals surface area contributed by atoms with Gasteiger partial charge in [0.15, 0.2) is 0 Å². The summed E-state index contributed by atoms with van der Waals surface area (Å²) in [7, 11) is 0. The Morgan fingerprint density at radius 3 is 2.30 bits per heavy atom. The quantitative estimate of drug-likeness (QED) is 0.475. The Labute approximate surface area is 180 Å². The van der Waals surface area contributed by atoms with E-state index in [1.807, 2.05) is 24.3 Å². The number of aliphatic hydroxyl groups excluding tert-OH is 1. The third kappa shape index (κ3) is 4.47. The van der Waals surface area contributed by atoms with Crippen LogP contribution in [-0.4, -0.2) is 5.11 Å². The molecule has 0 heterocycles. The Morgan fingerprint density at radius 1 is 0.867 bits per heavy atom. The second-order valence-corrected chi connectivity index (χ2v) is 8.69. The molecule has 0 aliphatic heterocycles. The molecule has 30 heavy (non-hydrogen) atoms. The van der Waals surface area contributed by atoms with Crippen LogP contribution in [-0.2, 0) is 11.8 Å². The monoisotopic (exact) mass is 394 g/mol. The normalized spacial score (nSPS) is 15.3. The van der Waals surface area contributed by atoms with Crippen LogP contribution in [0.5, 0.6) is 0 Å². The SMILES string of the molecule is CC(C)(C1=CCCC(c2cccc(C(O)Cc3ccccc3)c2)=C1)c1ccccc1. The largest absolute Gasteiger partial charge is 0.388 e. The third-order valence-corrected chi connectivity index (χ3v) is 6.24. The molecule has 1 aliphatic rings. The summed E-state index contributed by atoms with van der Waals surface area (Å²) in [5.74, 6) is 0. The van der Waals surface area contributed by atoms with Gasteiger partial charge in [0.2, 0.25) is 0 Å². The molecule has 152 valence electrons. The van der Waals surface area contributed by atoms with Crippen molar-refractivity contribution in [3.05, 3.63) is 125 Å². The fourth-order valence-corrected chi connectivity index (χ4v) is 4.29. The Kier molecular flexibility index (Phi) is 6.01. The summed E-state index contributed by atoms with van der Waals surface area (Å²) in [4.78, 5) is 0. The van der Waals surface area contributed by atoms with Crippen molar-refractivity contribution in [3.63, 3.8) is 0 Å². The average Bonchev–Trinajstić information content (AvgIpc) is 2.80. The van der Waals surface area contributed by atoms with Crippen LogP contribution in [0.3, 0.4) is 0 Å². The van der Waals surface area contributed by atoms with Crippen molar-refractivity contribution in [3.8, 4) is 0 Å². The third-order valence-electron chi connectivity index (χ3n) is 6.24. The minimum absolute atomic E-state index is 0.0304. The highest BCUT2D eigenvalue weighted by atomic mass is 16.3. The fraction of sp³-hybridized carbons (Fsp3) is 0.241. The van der Waals surface area contributed by atoms with Gasteiger partial charge in [-0.15, -0.1) is 0 Å². The molecular weight excluding hydrogens is 364 g/mol. The molecule has 4 rings (SSSR count). The first kappa shape index (κ1) is 20.4. The van der Waals surface area contributed by atoms with Crippen molar-refractivity contribution in [2.24, 2.45) is 0 Å². The Bertz CT molecular complexity index is 1040. The van der Waals surface area contributed by atoms with Crippen LogP contribution in [0.4, 0.5) is 0 Å². The van der Waals surface area contributed by atoms with Gasteiger partial charge >= 0.3 is 0 Å². The lowest BCUT2D eigenvalue weighted by atomic mass is 9.74. The van der Waals surface area contributed by atoms with Crippen LogP contribution in [0.15, 0.2) is 103 Å². The number of rotatable bonds is 6. The van der Waals surface area contributed by atoms with Crippen molar-refractivity contribution < 1.29 is 5.11 Å². The topological polar surface area (TPSA) is 20.2 Å². The van der Waals surface area contributed by atoms with Crippen LogP contribution >= 0.6 is 0 Å². The minimum atomic E-state index is -0.493. The predicted octanol–water partition coefficient (Wildman–Crippen LogP) is 7.04. The second kappa shape index (κ2) is 8.85. The van der Waals surface area contributed by atoms with Crippen LogP contribution in [0.2, 0.25) is 0 Å². The molecule has 3 aromatic rings. The summed E-state index contributed by atoms with van der Waals surface area (Å²) >= 11 is 0. The van der Waals surface area contributed by atoms with Crippen molar-refractivity contribution in [2.45, 2.75) is 44.6 Å². The lowest BCUT2D eigenvalue weighted by molar-refractivity contribution is 0.178. The maximum atomic E-state index is 10.8. The van der Waals surface area contributed by atoms with Gasteiger partial charge in [0, 0.05) is 11.8 Å². The summed E-state index contributed by atoms with van der Waals surface area (Å²) in [6.45, 7) is 4.60. The standard InChI is InChI=1S/C29H30O/c1-29(2,26-16-7-4-8-17-26)27-18-10-14-24(21-27)23-13-9-15-25(20-23)28(30)19-22-11-5-3-6-12-22/h3-9,11-13,15-18,20-21,28,30H,10,14,19H2,1-2H3. The molecular formula is C29H30O. The number of benzene rings is 3. The molecule has 1 aliphatic carbocycles. The molecule has 1 unspecified atom stereocenters. The Balaban J connectivity index is 1.58. The molecule has 1 nitrogen and oxygen atoms in total. The van der Waals surface area contributed by atoms with Gasteiger partial charge < -0.3 is 5.11 Å².